The lowest BCUT2D eigenvalue weighted by atomic mass is 10.1. The van der Waals surface area contributed by atoms with Crippen molar-refractivity contribution in [3.63, 3.8) is 0 Å². The number of hydrazine groups is 1. The second-order valence-electron chi connectivity index (χ2n) is 8.89. The summed E-state index contributed by atoms with van der Waals surface area (Å²) in [4.78, 5) is 38.1. The largest absolute Gasteiger partial charge is 0.379 e. The molecule has 1 saturated heterocycles. The van der Waals surface area contributed by atoms with E-state index in [1.165, 1.54) is 30.3 Å². The molecule has 40 heavy (non-hydrogen) atoms. The topological polar surface area (TPSA) is 158 Å². The fourth-order valence-corrected chi connectivity index (χ4v) is 5.29. The quantitative estimate of drug-likeness (QED) is 0.111. The van der Waals surface area contributed by atoms with Gasteiger partial charge in [-0.15, -0.1) is 24.0 Å². The predicted octanol–water partition coefficient (Wildman–Crippen LogP) is 1.98. The summed E-state index contributed by atoms with van der Waals surface area (Å²) in [7, 11) is -3.98. The van der Waals surface area contributed by atoms with Crippen molar-refractivity contribution in [2.24, 2.45) is 0 Å². The molecule has 0 aromatic heterocycles. The lowest BCUT2D eigenvalue weighted by molar-refractivity contribution is -0.138. The molecule has 12 nitrogen and oxygen atoms in total. The van der Waals surface area contributed by atoms with E-state index >= 15 is 0 Å². The molecule has 1 heterocycles. The Morgan fingerprint density at radius 2 is 1.62 bits per heavy atom. The smallest absolute Gasteiger partial charge is 0.327 e. The van der Waals surface area contributed by atoms with Gasteiger partial charge in [0.05, 0.1) is 23.8 Å². The average molecular weight is 618 g/mol. The maximum absolute atomic E-state index is 13.0. The van der Waals surface area contributed by atoms with E-state index in [1.54, 1.807) is 19.9 Å². The first kappa shape index (κ1) is 33.1. The monoisotopic (exact) mass is 616 g/mol. The molecule has 15 heteroatoms. The summed E-state index contributed by atoms with van der Waals surface area (Å²) >= 11 is 5.57. The maximum atomic E-state index is 13.0. The van der Waals surface area contributed by atoms with Gasteiger partial charge in [-0.25, -0.2) is 8.42 Å². The van der Waals surface area contributed by atoms with E-state index in [0.717, 1.165) is 26.1 Å². The van der Waals surface area contributed by atoms with Crippen LogP contribution in [0.5, 0.6) is 0 Å². The number of alkyl halides is 1. The van der Waals surface area contributed by atoms with E-state index in [-0.39, 0.29) is 28.9 Å². The molecule has 0 aliphatic carbocycles. The number of hydrogen-bond donors (Lipinski definition) is 5. The number of hydrogen-bond acceptors (Lipinski definition) is 8. The molecule has 0 bridgehead atoms. The van der Waals surface area contributed by atoms with Crippen molar-refractivity contribution in [2.45, 2.75) is 25.2 Å². The highest BCUT2D eigenvalue weighted by molar-refractivity contribution is 7.92. The third-order valence-corrected chi connectivity index (χ3v) is 7.77. The number of morpholine rings is 1. The van der Waals surface area contributed by atoms with Gasteiger partial charge < -0.3 is 15.4 Å². The molecule has 0 atom stereocenters. The van der Waals surface area contributed by atoms with Crippen LogP contribution in [-0.2, 0) is 29.1 Å². The molecule has 5 N–H and O–H groups in total. The fourth-order valence-electron chi connectivity index (χ4n) is 3.91. The van der Waals surface area contributed by atoms with Crippen molar-refractivity contribution in [1.82, 2.24) is 15.6 Å². The van der Waals surface area contributed by atoms with Gasteiger partial charge in [-0.2, -0.15) is 0 Å². The van der Waals surface area contributed by atoms with E-state index in [2.05, 4.69) is 31.1 Å². The molecule has 1 aliphatic rings. The highest BCUT2D eigenvalue weighted by atomic mass is 35.5. The van der Waals surface area contributed by atoms with E-state index in [0.29, 0.717) is 42.3 Å². The molecular formula is C25H34Cl2N6O6S. The zero-order valence-corrected chi connectivity index (χ0v) is 24.6. The Kier molecular flexibility index (Phi) is 12.9. The van der Waals surface area contributed by atoms with Crippen molar-refractivity contribution in [3.8, 4) is 0 Å². The van der Waals surface area contributed by atoms with Crippen LogP contribution < -0.4 is 26.2 Å². The third-order valence-electron chi connectivity index (χ3n) is 6.00. The molecule has 1 aliphatic heterocycles. The summed E-state index contributed by atoms with van der Waals surface area (Å²) in [5.74, 6) is -2.31. The van der Waals surface area contributed by atoms with Crippen molar-refractivity contribution in [1.29, 1.82) is 0 Å². The number of amides is 3. The second-order valence-corrected chi connectivity index (χ2v) is 10.8. The van der Waals surface area contributed by atoms with E-state index in [4.69, 9.17) is 16.3 Å². The molecule has 1 fully saturated rings. The highest BCUT2D eigenvalue weighted by Crippen LogP contribution is 2.28. The van der Waals surface area contributed by atoms with Crippen molar-refractivity contribution in [3.05, 3.63) is 47.5 Å². The van der Waals surface area contributed by atoms with Gasteiger partial charge in [0.15, 0.2) is 0 Å². The summed E-state index contributed by atoms with van der Waals surface area (Å²) < 4.78 is 33.9. The standard InChI is InChI=1S/C25H33ClN6O6S.ClH/c1-17-4-9-21(18(2)23(17)28-22(33)16-26)39(36,37)31-20-7-5-19(6-8-20)29-30-25(35)24(34)27-10-3-11-32-12-14-38-15-13-32;/h4-9,29,31H,3,10-16H2,1-2H3,(H,27,34)(H,28,33)(H,30,35);1H. The fraction of sp³-hybridized carbons (Fsp3) is 0.400. The molecule has 2 aromatic carbocycles. The van der Waals surface area contributed by atoms with Gasteiger partial charge >= 0.3 is 11.8 Å². The lowest BCUT2D eigenvalue weighted by Crippen LogP contribution is -2.43. The zero-order valence-electron chi connectivity index (χ0n) is 22.2. The number of ether oxygens (including phenoxy) is 1. The minimum absolute atomic E-state index is 0. The molecule has 0 spiro atoms. The van der Waals surface area contributed by atoms with Crippen LogP contribution in [-0.4, -0.2) is 76.3 Å². The summed E-state index contributed by atoms with van der Waals surface area (Å²) in [5, 5.41) is 5.21. The Morgan fingerprint density at radius 3 is 2.27 bits per heavy atom. The molecule has 3 amide bonds. The number of carbonyl (C=O) groups excluding carboxylic acids is 3. The normalized spacial score (nSPS) is 13.5. The molecule has 0 saturated carbocycles. The van der Waals surface area contributed by atoms with Crippen LogP contribution in [0.15, 0.2) is 41.3 Å². The number of nitrogens with one attached hydrogen (secondary N) is 5. The van der Waals surface area contributed by atoms with Gasteiger partial charge in [0.25, 0.3) is 10.0 Å². The van der Waals surface area contributed by atoms with E-state index in [1.807, 2.05) is 0 Å². The van der Waals surface area contributed by atoms with Gasteiger partial charge in [0, 0.05) is 31.0 Å². The average Bonchev–Trinajstić information content (AvgIpc) is 2.92. The molecule has 2 aromatic rings. The number of benzene rings is 2. The van der Waals surface area contributed by atoms with Crippen LogP contribution >= 0.6 is 24.0 Å². The summed E-state index contributed by atoms with van der Waals surface area (Å²) in [6, 6.07) is 9.12. The SMILES string of the molecule is Cc1ccc(S(=O)(=O)Nc2ccc(NNC(=O)C(=O)NCCCN3CCOCC3)cc2)c(C)c1NC(=O)CCl.Cl. The van der Waals surface area contributed by atoms with Crippen LogP contribution in [0, 0.1) is 13.8 Å². The summed E-state index contributed by atoms with van der Waals surface area (Å²) in [6.45, 7) is 7.67. The second kappa shape index (κ2) is 15.6. The predicted molar refractivity (Wildman–Crippen MR) is 156 cm³/mol. The van der Waals surface area contributed by atoms with Crippen LogP contribution in [0.25, 0.3) is 0 Å². The van der Waals surface area contributed by atoms with Gasteiger partial charge in [-0.05, 0) is 68.3 Å². The van der Waals surface area contributed by atoms with Gasteiger partial charge in [0.1, 0.15) is 5.88 Å². The number of carbonyl (C=O) groups is 3. The molecule has 0 radical (unpaired) electrons. The minimum atomic E-state index is -3.98. The summed E-state index contributed by atoms with van der Waals surface area (Å²) in [5.41, 5.74) is 7.11. The van der Waals surface area contributed by atoms with Crippen molar-refractivity contribution >= 4 is 68.8 Å². The van der Waals surface area contributed by atoms with Gasteiger partial charge in [0.2, 0.25) is 5.91 Å². The van der Waals surface area contributed by atoms with Crippen LogP contribution in [0.3, 0.4) is 0 Å². The van der Waals surface area contributed by atoms with Gasteiger partial charge in [-0.3, -0.25) is 34.9 Å². The third kappa shape index (κ3) is 9.52. The van der Waals surface area contributed by atoms with Crippen LogP contribution in [0.1, 0.15) is 17.5 Å². The van der Waals surface area contributed by atoms with Gasteiger partial charge in [-0.1, -0.05) is 6.07 Å². The number of aryl methyl sites for hydroxylation is 1. The van der Waals surface area contributed by atoms with Crippen molar-refractivity contribution < 1.29 is 27.5 Å². The van der Waals surface area contributed by atoms with E-state index < -0.39 is 27.7 Å². The first-order chi connectivity index (χ1) is 18.6. The Labute approximate surface area is 245 Å². The molecule has 220 valence electrons. The summed E-state index contributed by atoms with van der Waals surface area (Å²) in [6.07, 6.45) is 0.718. The Bertz CT molecular complexity index is 1290. The Balaban J connectivity index is 0.00000560. The minimum Gasteiger partial charge on any atom is -0.379 e. The molecule has 3 rings (SSSR count). The number of halogens is 2. The van der Waals surface area contributed by atoms with Crippen molar-refractivity contribution in [2.75, 3.05) is 60.7 Å². The lowest BCUT2D eigenvalue weighted by Gasteiger charge is -2.26. The maximum Gasteiger partial charge on any atom is 0.327 e. The number of sulfonamides is 1. The first-order valence-electron chi connectivity index (χ1n) is 12.3. The van der Waals surface area contributed by atoms with Crippen LogP contribution in [0.2, 0.25) is 0 Å². The zero-order chi connectivity index (χ0) is 28.4. The highest BCUT2D eigenvalue weighted by Gasteiger charge is 2.21. The Morgan fingerprint density at radius 1 is 0.975 bits per heavy atom. The van der Waals surface area contributed by atoms with E-state index in [9.17, 15) is 22.8 Å². The first-order valence-corrected chi connectivity index (χ1v) is 14.4. The Hall–Kier alpha value is -3.10. The van der Waals surface area contributed by atoms with Crippen LogP contribution in [0.4, 0.5) is 17.1 Å². The number of rotatable bonds is 11. The molecular weight excluding hydrogens is 583 g/mol. The number of anilines is 3. The number of nitrogens with zero attached hydrogens (tertiary/aromatic N) is 1. The molecule has 0 unspecified atom stereocenters.